The summed E-state index contributed by atoms with van der Waals surface area (Å²) in [7, 11) is 2.76. The predicted octanol–water partition coefficient (Wildman–Crippen LogP) is 0.140. The first-order valence-corrected chi connectivity index (χ1v) is 8.21. The lowest BCUT2D eigenvalue weighted by atomic mass is 9.90. The fourth-order valence-corrected chi connectivity index (χ4v) is 3.16. The van der Waals surface area contributed by atoms with Crippen LogP contribution in [0.1, 0.15) is 28.7 Å². The molecule has 1 aliphatic rings. The lowest BCUT2D eigenvalue weighted by Gasteiger charge is -2.21. The Morgan fingerprint density at radius 2 is 1.82 bits per heavy atom. The van der Waals surface area contributed by atoms with E-state index in [1.807, 2.05) is 0 Å². The van der Waals surface area contributed by atoms with Crippen molar-refractivity contribution in [1.29, 1.82) is 0 Å². The van der Waals surface area contributed by atoms with E-state index in [1.165, 1.54) is 50.6 Å². The molecule has 8 nitrogen and oxygen atoms in total. The van der Waals surface area contributed by atoms with Gasteiger partial charge in [0.15, 0.2) is 23.0 Å². The lowest BCUT2D eigenvalue weighted by molar-refractivity contribution is -0.309. The van der Waals surface area contributed by atoms with Gasteiger partial charge in [-0.15, -0.1) is 0 Å². The van der Waals surface area contributed by atoms with Gasteiger partial charge in [0, 0.05) is 5.56 Å². The number of aliphatic carboxylic acids is 2. The largest absolute Gasteiger partial charge is 0.549 e. The fourth-order valence-electron chi connectivity index (χ4n) is 3.16. The summed E-state index contributed by atoms with van der Waals surface area (Å²) in [6.07, 6.45) is 1.14. The summed E-state index contributed by atoms with van der Waals surface area (Å²) in [5.74, 6) is -3.42. The third-order valence-electron chi connectivity index (χ3n) is 4.41. The SMILES string of the molecule is COc1cc(C2Oc3c(OC)cc(/C=C/C(=O)[O-])cc3C2C(=O)[O-])ccc1O. The second-order valence-corrected chi connectivity index (χ2v) is 6.06. The number of fused-ring (bicyclic) bond motifs is 1. The van der Waals surface area contributed by atoms with E-state index in [4.69, 9.17) is 14.2 Å². The van der Waals surface area contributed by atoms with Crippen molar-refractivity contribution in [3.8, 4) is 23.0 Å². The van der Waals surface area contributed by atoms with Gasteiger partial charge in [0.1, 0.15) is 6.10 Å². The molecule has 0 fully saturated rings. The van der Waals surface area contributed by atoms with E-state index in [1.54, 1.807) is 0 Å². The molecule has 1 aliphatic heterocycles. The van der Waals surface area contributed by atoms with Crippen LogP contribution in [0.3, 0.4) is 0 Å². The zero-order valence-electron chi connectivity index (χ0n) is 15.0. The molecular weight excluding hydrogens is 368 g/mol. The van der Waals surface area contributed by atoms with Crippen LogP contribution in [0.5, 0.6) is 23.0 Å². The quantitative estimate of drug-likeness (QED) is 0.697. The van der Waals surface area contributed by atoms with Gasteiger partial charge >= 0.3 is 0 Å². The normalized spacial score (nSPS) is 17.8. The number of phenolic OH excluding ortho intramolecular Hbond substituents is 1. The molecule has 0 amide bonds. The monoisotopic (exact) mass is 384 g/mol. The van der Waals surface area contributed by atoms with Crippen molar-refractivity contribution in [1.82, 2.24) is 0 Å². The molecule has 0 radical (unpaired) electrons. The molecule has 2 aromatic carbocycles. The summed E-state index contributed by atoms with van der Waals surface area (Å²) in [5.41, 5.74) is 1.14. The van der Waals surface area contributed by atoms with Crippen molar-refractivity contribution in [3.05, 3.63) is 53.1 Å². The smallest absolute Gasteiger partial charge is 0.166 e. The van der Waals surface area contributed by atoms with Crippen molar-refractivity contribution in [3.63, 3.8) is 0 Å². The van der Waals surface area contributed by atoms with E-state index in [0.29, 0.717) is 11.1 Å². The topological polar surface area (TPSA) is 128 Å². The average molecular weight is 384 g/mol. The second kappa shape index (κ2) is 7.51. The Morgan fingerprint density at radius 1 is 1.11 bits per heavy atom. The highest BCUT2D eigenvalue weighted by molar-refractivity contribution is 5.85. The number of phenols is 1. The minimum Gasteiger partial charge on any atom is -0.549 e. The van der Waals surface area contributed by atoms with E-state index >= 15 is 0 Å². The molecule has 1 heterocycles. The first-order valence-electron chi connectivity index (χ1n) is 8.21. The van der Waals surface area contributed by atoms with E-state index < -0.39 is 24.0 Å². The standard InChI is InChI=1S/C20H18O8/c1-26-14-9-11(4-5-13(14)21)18-17(20(24)25)12-7-10(3-6-16(22)23)8-15(27-2)19(12)28-18/h3-9,17-18,21H,1-2H3,(H,22,23)(H,24,25)/p-2/b6-3+. The van der Waals surface area contributed by atoms with Gasteiger partial charge in [-0.3, -0.25) is 0 Å². The van der Waals surface area contributed by atoms with E-state index in [2.05, 4.69) is 0 Å². The van der Waals surface area contributed by atoms with Crippen LogP contribution in [0.15, 0.2) is 36.4 Å². The van der Waals surface area contributed by atoms with Gasteiger partial charge in [0.05, 0.1) is 32.1 Å². The highest BCUT2D eigenvalue weighted by atomic mass is 16.5. The molecule has 0 aromatic heterocycles. The minimum absolute atomic E-state index is 0.0981. The van der Waals surface area contributed by atoms with Gasteiger partial charge in [-0.1, -0.05) is 12.1 Å². The molecule has 28 heavy (non-hydrogen) atoms. The number of benzene rings is 2. The van der Waals surface area contributed by atoms with Gasteiger partial charge in [-0.2, -0.15) is 0 Å². The number of carboxylic acid groups (broad SMARTS) is 2. The van der Waals surface area contributed by atoms with Crippen LogP contribution in [-0.2, 0) is 9.59 Å². The first kappa shape index (κ1) is 19.1. The van der Waals surface area contributed by atoms with Gasteiger partial charge in [0.2, 0.25) is 0 Å². The molecule has 0 aliphatic carbocycles. The lowest BCUT2D eigenvalue weighted by Crippen LogP contribution is -2.32. The fraction of sp³-hybridized carbons (Fsp3) is 0.200. The Kier molecular flexibility index (Phi) is 5.12. The van der Waals surface area contributed by atoms with Crippen molar-refractivity contribution in [2.24, 2.45) is 0 Å². The molecule has 0 saturated carbocycles. The molecule has 2 unspecified atom stereocenters. The Morgan fingerprint density at radius 3 is 2.43 bits per heavy atom. The Bertz CT molecular complexity index is 963. The highest BCUT2D eigenvalue weighted by Crippen LogP contribution is 2.51. The number of hydrogen-bond acceptors (Lipinski definition) is 8. The predicted molar refractivity (Wildman–Crippen MR) is 92.8 cm³/mol. The van der Waals surface area contributed by atoms with E-state index in [9.17, 15) is 24.9 Å². The second-order valence-electron chi connectivity index (χ2n) is 6.06. The number of aromatic hydroxyl groups is 1. The average Bonchev–Trinajstić information content (AvgIpc) is 3.05. The molecule has 2 aromatic rings. The maximum atomic E-state index is 11.9. The van der Waals surface area contributed by atoms with Crippen molar-refractivity contribution >= 4 is 18.0 Å². The van der Waals surface area contributed by atoms with E-state index in [0.717, 1.165) is 6.08 Å². The third-order valence-corrected chi connectivity index (χ3v) is 4.41. The number of carbonyl (C=O) groups excluding carboxylic acids is 2. The summed E-state index contributed by atoms with van der Waals surface area (Å²) in [6.45, 7) is 0. The molecule has 1 N–H and O–H groups in total. The van der Waals surface area contributed by atoms with Crippen molar-refractivity contribution in [2.75, 3.05) is 14.2 Å². The van der Waals surface area contributed by atoms with Gasteiger partial charge in [-0.05, 0) is 41.5 Å². The third kappa shape index (κ3) is 3.44. The Hall–Kier alpha value is -3.68. The first-order chi connectivity index (χ1) is 13.3. The van der Waals surface area contributed by atoms with Gasteiger partial charge < -0.3 is 39.1 Å². The molecule has 0 saturated heterocycles. The van der Waals surface area contributed by atoms with Crippen LogP contribution >= 0.6 is 0 Å². The van der Waals surface area contributed by atoms with E-state index in [-0.39, 0.29) is 28.6 Å². The molecule has 3 rings (SSSR count). The maximum Gasteiger partial charge on any atom is 0.166 e. The number of carbonyl (C=O) groups is 2. The summed E-state index contributed by atoms with van der Waals surface area (Å²) >= 11 is 0. The van der Waals surface area contributed by atoms with Crippen molar-refractivity contribution in [2.45, 2.75) is 12.0 Å². The van der Waals surface area contributed by atoms with Crippen molar-refractivity contribution < 1.29 is 39.1 Å². The van der Waals surface area contributed by atoms with Crippen LogP contribution in [0.4, 0.5) is 0 Å². The minimum atomic E-state index is -1.39. The van der Waals surface area contributed by atoms with Gasteiger partial charge in [-0.25, -0.2) is 0 Å². The van der Waals surface area contributed by atoms with Crippen LogP contribution in [0.25, 0.3) is 6.08 Å². The zero-order valence-corrected chi connectivity index (χ0v) is 15.0. The molecular formula is C20H16O8-2. The zero-order chi connectivity index (χ0) is 20.4. The maximum absolute atomic E-state index is 11.9. The molecule has 0 bridgehead atoms. The molecule has 0 spiro atoms. The Balaban J connectivity index is 2.11. The van der Waals surface area contributed by atoms with Crippen LogP contribution in [0, 0.1) is 0 Å². The number of rotatable bonds is 6. The number of ether oxygens (including phenoxy) is 3. The van der Waals surface area contributed by atoms with Gasteiger partial charge in [0.25, 0.3) is 0 Å². The van der Waals surface area contributed by atoms with Crippen LogP contribution < -0.4 is 24.4 Å². The summed E-state index contributed by atoms with van der Waals surface area (Å²) < 4.78 is 16.2. The molecule has 2 atom stereocenters. The number of methoxy groups -OCH3 is 2. The van der Waals surface area contributed by atoms with Crippen LogP contribution in [0.2, 0.25) is 0 Å². The molecule has 8 heteroatoms. The summed E-state index contributed by atoms with van der Waals surface area (Å²) in [4.78, 5) is 22.6. The summed E-state index contributed by atoms with van der Waals surface area (Å²) in [5, 5.41) is 32.4. The summed E-state index contributed by atoms with van der Waals surface area (Å²) in [6, 6.07) is 7.39. The van der Waals surface area contributed by atoms with Crippen LogP contribution in [-0.4, -0.2) is 31.3 Å². The Labute approximate surface area is 160 Å². The highest BCUT2D eigenvalue weighted by Gasteiger charge is 2.39. The molecule has 146 valence electrons. The number of hydrogen-bond donors (Lipinski definition) is 1. The number of carboxylic acids is 2.